The van der Waals surface area contributed by atoms with E-state index in [4.69, 9.17) is 4.74 Å². The predicted octanol–water partition coefficient (Wildman–Crippen LogP) is 1.12. The Labute approximate surface area is 66.6 Å². The van der Waals surface area contributed by atoms with Gasteiger partial charge in [-0.25, -0.2) is 0 Å². The van der Waals surface area contributed by atoms with Crippen LogP contribution in [0.5, 0.6) is 0 Å². The lowest BCUT2D eigenvalue weighted by Gasteiger charge is -2.28. The number of ether oxygens (including phenoxy) is 1. The van der Waals surface area contributed by atoms with Gasteiger partial charge < -0.3 is 4.74 Å². The van der Waals surface area contributed by atoms with Gasteiger partial charge in [0.1, 0.15) is 0 Å². The molecule has 0 aromatic rings. The standard InChI is InChI=1S/C8H18OSi/c1-3-9-8(2)6-4-5-7(8)10/h7H,3-6H2,1-2,10H3. The molecule has 10 heavy (non-hydrogen) atoms. The summed E-state index contributed by atoms with van der Waals surface area (Å²) in [6, 6.07) is 0. The summed E-state index contributed by atoms with van der Waals surface area (Å²) in [6.07, 6.45) is 4.07. The van der Waals surface area contributed by atoms with Crippen LogP contribution in [0.2, 0.25) is 5.54 Å². The molecule has 1 saturated carbocycles. The van der Waals surface area contributed by atoms with Crippen molar-refractivity contribution in [3.05, 3.63) is 0 Å². The topological polar surface area (TPSA) is 9.23 Å². The van der Waals surface area contributed by atoms with Gasteiger partial charge in [-0.3, -0.25) is 0 Å². The van der Waals surface area contributed by atoms with E-state index in [9.17, 15) is 0 Å². The largest absolute Gasteiger partial charge is 0.376 e. The molecule has 0 N–H and O–H groups in total. The van der Waals surface area contributed by atoms with E-state index in [-0.39, 0.29) is 5.60 Å². The molecule has 1 fully saturated rings. The Balaban J connectivity index is 2.48. The van der Waals surface area contributed by atoms with Gasteiger partial charge in [-0.05, 0) is 25.8 Å². The van der Waals surface area contributed by atoms with Gasteiger partial charge in [0.2, 0.25) is 0 Å². The van der Waals surface area contributed by atoms with E-state index in [1.165, 1.54) is 29.5 Å². The Kier molecular flexibility index (Phi) is 2.53. The van der Waals surface area contributed by atoms with Crippen LogP contribution < -0.4 is 0 Å². The molecule has 2 unspecified atom stereocenters. The number of hydrogen-bond acceptors (Lipinski definition) is 1. The summed E-state index contributed by atoms with van der Waals surface area (Å²) >= 11 is 0. The van der Waals surface area contributed by atoms with Gasteiger partial charge in [0, 0.05) is 16.8 Å². The van der Waals surface area contributed by atoms with Crippen molar-refractivity contribution in [1.82, 2.24) is 0 Å². The van der Waals surface area contributed by atoms with Crippen molar-refractivity contribution >= 4 is 10.2 Å². The van der Waals surface area contributed by atoms with Crippen molar-refractivity contribution in [3.8, 4) is 0 Å². The molecule has 2 heteroatoms. The summed E-state index contributed by atoms with van der Waals surface area (Å²) in [7, 11) is 1.30. The summed E-state index contributed by atoms with van der Waals surface area (Å²) in [4.78, 5) is 0. The van der Waals surface area contributed by atoms with E-state index in [2.05, 4.69) is 13.8 Å². The molecule has 0 saturated heterocycles. The average molecular weight is 158 g/mol. The van der Waals surface area contributed by atoms with Crippen LogP contribution in [0.1, 0.15) is 33.1 Å². The molecule has 0 aliphatic heterocycles. The Morgan fingerprint density at radius 3 is 2.80 bits per heavy atom. The average Bonchev–Trinajstić information content (AvgIpc) is 2.15. The summed E-state index contributed by atoms with van der Waals surface area (Å²) in [6.45, 7) is 5.26. The lowest BCUT2D eigenvalue weighted by molar-refractivity contribution is -0.0181. The van der Waals surface area contributed by atoms with Gasteiger partial charge in [-0.15, -0.1) is 0 Å². The Morgan fingerprint density at radius 2 is 2.40 bits per heavy atom. The van der Waals surface area contributed by atoms with Crippen molar-refractivity contribution in [2.45, 2.75) is 44.3 Å². The molecule has 2 atom stereocenters. The van der Waals surface area contributed by atoms with Crippen LogP contribution in [0.15, 0.2) is 0 Å². The molecule has 0 spiro atoms. The maximum absolute atomic E-state index is 5.74. The SMILES string of the molecule is CCOC1(C)CCCC1[SiH3]. The fourth-order valence-corrected chi connectivity index (χ4v) is 2.72. The van der Waals surface area contributed by atoms with Crippen LogP contribution in [-0.4, -0.2) is 22.5 Å². The van der Waals surface area contributed by atoms with Gasteiger partial charge >= 0.3 is 0 Å². The van der Waals surface area contributed by atoms with E-state index in [1.807, 2.05) is 0 Å². The smallest absolute Gasteiger partial charge is 0.0650 e. The monoisotopic (exact) mass is 158 g/mol. The fourth-order valence-electron chi connectivity index (χ4n) is 1.86. The lowest BCUT2D eigenvalue weighted by Crippen LogP contribution is -2.29. The fraction of sp³-hybridized carbons (Fsp3) is 1.00. The predicted molar refractivity (Wildman–Crippen MR) is 47.6 cm³/mol. The molecule has 1 nitrogen and oxygen atoms in total. The molecule has 0 bridgehead atoms. The minimum Gasteiger partial charge on any atom is -0.376 e. The second-order valence-electron chi connectivity index (χ2n) is 3.54. The second-order valence-corrected chi connectivity index (χ2v) is 4.93. The van der Waals surface area contributed by atoms with Crippen LogP contribution >= 0.6 is 0 Å². The first kappa shape index (κ1) is 8.28. The van der Waals surface area contributed by atoms with Gasteiger partial charge in [0.25, 0.3) is 0 Å². The normalized spacial score (nSPS) is 40.8. The van der Waals surface area contributed by atoms with Crippen LogP contribution in [0.25, 0.3) is 0 Å². The van der Waals surface area contributed by atoms with E-state index in [0.29, 0.717) is 0 Å². The minimum absolute atomic E-state index is 0.265. The molecule has 1 aliphatic rings. The van der Waals surface area contributed by atoms with Gasteiger partial charge in [0.05, 0.1) is 5.60 Å². The quantitative estimate of drug-likeness (QED) is 0.547. The highest BCUT2D eigenvalue weighted by Crippen LogP contribution is 2.40. The highest BCUT2D eigenvalue weighted by Gasteiger charge is 2.35. The molecule has 0 aromatic carbocycles. The van der Waals surface area contributed by atoms with Gasteiger partial charge in [-0.1, -0.05) is 12.8 Å². The van der Waals surface area contributed by atoms with Crippen molar-refractivity contribution < 1.29 is 4.74 Å². The van der Waals surface area contributed by atoms with Crippen molar-refractivity contribution in [1.29, 1.82) is 0 Å². The van der Waals surface area contributed by atoms with Crippen molar-refractivity contribution in [2.75, 3.05) is 6.61 Å². The van der Waals surface area contributed by atoms with Crippen LogP contribution in [0.4, 0.5) is 0 Å². The number of rotatable bonds is 2. The summed E-state index contributed by atoms with van der Waals surface area (Å²) < 4.78 is 5.74. The first-order chi connectivity index (χ1) is 4.69. The van der Waals surface area contributed by atoms with Gasteiger partial charge in [-0.2, -0.15) is 0 Å². The maximum atomic E-state index is 5.74. The molecular formula is C8H18OSi. The van der Waals surface area contributed by atoms with E-state index in [1.54, 1.807) is 0 Å². The highest BCUT2D eigenvalue weighted by molar-refractivity contribution is 6.12. The van der Waals surface area contributed by atoms with E-state index >= 15 is 0 Å². The van der Waals surface area contributed by atoms with Gasteiger partial charge in [0.15, 0.2) is 0 Å². The minimum atomic E-state index is 0.265. The molecule has 0 heterocycles. The third kappa shape index (κ3) is 1.43. The zero-order valence-electron chi connectivity index (χ0n) is 7.31. The first-order valence-electron chi connectivity index (χ1n) is 4.33. The summed E-state index contributed by atoms with van der Waals surface area (Å²) in [5, 5.41) is 0. The highest BCUT2D eigenvalue weighted by atomic mass is 28.1. The second kappa shape index (κ2) is 3.05. The summed E-state index contributed by atoms with van der Waals surface area (Å²) in [5.41, 5.74) is 1.16. The Hall–Kier alpha value is 0.177. The Bertz CT molecular complexity index is 116. The van der Waals surface area contributed by atoms with E-state index in [0.717, 1.165) is 12.1 Å². The van der Waals surface area contributed by atoms with Crippen LogP contribution in [0.3, 0.4) is 0 Å². The third-order valence-corrected chi connectivity index (χ3v) is 4.63. The molecule has 0 aromatic heterocycles. The zero-order valence-corrected chi connectivity index (χ0v) is 9.31. The third-order valence-electron chi connectivity index (χ3n) is 2.83. The van der Waals surface area contributed by atoms with Crippen LogP contribution in [-0.2, 0) is 4.74 Å². The molecule has 0 radical (unpaired) electrons. The maximum Gasteiger partial charge on any atom is 0.0650 e. The molecule has 1 aliphatic carbocycles. The van der Waals surface area contributed by atoms with Crippen molar-refractivity contribution in [2.24, 2.45) is 0 Å². The Morgan fingerprint density at radius 1 is 1.70 bits per heavy atom. The summed E-state index contributed by atoms with van der Waals surface area (Å²) in [5.74, 6) is 0. The van der Waals surface area contributed by atoms with E-state index < -0.39 is 0 Å². The first-order valence-corrected chi connectivity index (χ1v) is 5.48. The van der Waals surface area contributed by atoms with Crippen molar-refractivity contribution in [3.63, 3.8) is 0 Å². The lowest BCUT2D eigenvalue weighted by atomic mass is 10.1. The van der Waals surface area contributed by atoms with Crippen LogP contribution in [0, 0.1) is 0 Å². The molecule has 60 valence electrons. The molecule has 1 rings (SSSR count). The zero-order chi connectivity index (χ0) is 7.61. The molecular weight excluding hydrogens is 140 g/mol. The number of hydrogen-bond donors (Lipinski definition) is 0. The molecule has 0 amide bonds.